The minimum Gasteiger partial charge on any atom is -0.772 e. The average molecular weight is 509 g/mol. The molecule has 0 aliphatic heterocycles. The quantitative estimate of drug-likeness (QED) is 0.209. The van der Waals surface area contributed by atoms with Crippen LogP contribution in [0.2, 0.25) is 0 Å². The van der Waals surface area contributed by atoms with Gasteiger partial charge >= 0.3 is 65.1 Å². The van der Waals surface area contributed by atoms with Crippen LogP contribution in [0.1, 0.15) is 64.2 Å². The molecule has 0 aromatic heterocycles. The van der Waals surface area contributed by atoms with Crippen molar-refractivity contribution in [2.75, 3.05) is 0 Å². The molecular formula is C20H30Na2O8S2. The number of hydrogen-bond donors (Lipinski definition) is 1. The summed E-state index contributed by atoms with van der Waals surface area (Å²) in [6, 6.07) is 0. The van der Waals surface area contributed by atoms with Gasteiger partial charge in [-0.05, 0) is 99.0 Å². The number of aliphatic carboxylic acids is 1. The fourth-order valence-corrected chi connectivity index (χ4v) is 7.94. The first-order chi connectivity index (χ1) is 14.3. The SMILES string of the molecule is O=COC1CCC(C2CCC(C3CCC(C(=O)O)C(S(=O)[O-])C3)CC2)CC1S(=O)[O-].[Na+].[Na+]. The normalized spacial score (nSPS) is 39.4. The van der Waals surface area contributed by atoms with Crippen LogP contribution in [0.25, 0.3) is 0 Å². The van der Waals surface area contributed by atoms with Crippen LogP contribution in [-0.4, -0.2) is 51.7 Å². The Morgan fingerprint density at radius 1 is 0.781 bits per heavy atom. The van der Waals surface area contributed by atoms with Crippen molar-refractivity contribution in [2.24, 2.45) is 29.6 Å². The molecule has 0 aromatic rings. The molecule has 12 heteroatoms. The zero-order valence-corrected chi connectivity index (χ0v) is 24.5. The van der Waals surface area contributed by atoms with E-state index in [4.69, 9.17) is 4.74 Å². The molecule has 3 fully saturated rings. The zero-order valence-electron chi connectivity index (χ0n) is 18.9. The van der Waals surface area contributed by atoms with Crippen molar-refractivity contribution in [3.8, 4) is 0 Å². The summed E-state index contributed by atoms with van der Waals surface area (Å²) in [6.07, 6.45) is 6.89. The van der Waals surface area contributed by atoms with Gasteiger partial charge < -0.3 is 18.9 Å². The second-order valence-electron chi connectivity index (χ2n) is 9.13. The molecule has 0 saturated heterocycles. The molecule has 1 N–H and O–H groups in total. The van der Waals surface area contributed by atoms with Crippen molar-refractivity contribution in [1.29, 1.82) is 0 Å². The molecule has 3 saturated carbocycles. The summed E-state index contributed by atoms with van der Waals surface area (Å²) in [6.45, 7) is 0.331. The molecule has 0 radical (unpaired) electrons. The van der Waals surface area contributed by atoms with E-state index in [9.17, 15) is 32.2 Å². The predicted octanol–water partition coefficient (Wildman–Crippen LogP) is -3.86. The molecule has 0 spiro atoms. The Balaban J connectivity index is 0.00000256. The molecule has 172 valence electrons. The standard InChI is InChI=1S/C20H32O8S2.2Na/c21-11-28-17-8-6-15(10-19(17)30(26)27)13-3-1-12(2-4-13)14-5-7-16(20(22)23)18(9-14)29(24)25;;/h11-19H,1-10H2,(H,22,23)(H,24,25)(H,26,27);;/q;2*+1/p-2. The summed E-state index contributed by atoms with van der Waals surface area (Å²) in [5.41, 5.74) is 0. The molecule has 0 amide bonds. The van der Waals surface area contributed by atoms with Crippen LogP contribution in [0.3, 0.4) is 0 Å². The number of carbonyl (C=O) groups is 2. The van der Waals surface area contributed by atoms with Gasteiger partial charge in [0.15, 0.2) is 0 Å². The molecule has 32 heavy (non-hydrogen) atoms. The smallest absolute Gasteiger partial charge is 0.772 e. The molecule has 8 nitrogen and oxygen atoms in total. The van der Waals surface area contributed by atoms with Gasteiger partial charge in [-0.1, -0.05) is 11.1 Å². The monoisotopic (exact) mass is 508 g/mol. The first-order valence-electron chi connectivity index (χ1n) is 10.8. The maximum absolute atomic E-state index is 11.6. The summed E-state index contributed by atoms with van der Waals surface area (Å²) < 4.78 is 51.3. The first-order valence-corrected chi connectivity index (χ1v) is 13.1. The molecule has 0 bridgehead atoms. The summed E-state index contributed by atoms with van der Waals surface area (Å²) in [5.74, 6) is -0.450. The molecule has 0 heterocycles. The zero-order chi connectivity index (χ0) is 21.8. The summed E-state index contributed by atoms with van der Waals surface area (Å²) in [5, 5.41) is 7.85. The van der Waals surface area contributed by atoms with E-state index in [1.165, 1.54) is 0 Å². The predicted molar refractivity (Wildman–Crippen MR) is 108 cm³/mol. The third-order valence-electron chi connectivity index (χ3n) is 7.80. The molecule has 3 aliphatic carbocycles. The summed E-state index contributed by atoms with van der Waals surface area (Å²) >= 11 is -4.65. The summed E-state index contributed by atoms with van der Waals surface area (Å²) in [7, 11) is 0. The molecule has 8 atom stereocenters. The van der Waals surface area contributed by atoms with E-state index in [1.807, 2.05) is 0 Å². The van der Waals surface area contributed by atoms with Gasteiger partial charge in [0.25, 0.3) is 6.47 Å². The van der Waals surface area contributed by atoms with Gasteiger partial charge in [0.05, 0.1) is 11.2 Å². The topological polar surface area (TPSA) is 144 Å². The van der Waals surface area contributed by atoms with E-state index in [1.54, 1.807) is 0 Å². The molecule has 3 aliphatic rings. The molecule has 0 aromatic carbocycles. The Morgan fingerprint density at radius 3 is 1.66 bits per heavy atom. The average Bonchev–Trinajstić information content (AvgIpc) is 2.73. The van der Waals surface area contributed by atoms with Crippen molar-refractivity contribution in [3.63, 3.8) is 0 Å². The van der Waals surface area contributed by atoms with Gasteiger partial charge in [-0.25, -0.2) is 0 Å². The van der Waals surface area contributed by atoms with Crippen molar-refractivity contribution < 1.29 is 96.1 Å². The van der Waals surface area contributed by atoms with Crippen LogP contribution in [0.5, 0.6) is 0 Å². The first kappa shape index (κ1) is 31.2. The van der Waals surface area contributed by atoms with Crippen LogP contribution in [-0.2, 0) is 36.5 Å². The van der Waals surface area contributed by atoms with Crippen LogP contribution < -0.4 is 59.1 Å². The van der Waals surface area contributed by atoms with Gasteiger partial charge in [-0.3, -0.25) is 18.0 Å². The van der Waals surface area contributed by atoms with Crippen molar-refractivity contribution >= 4 is 34.6 Å². The molecule has 8 unspecified atom stereocenters. The summed E-state index contributed by atoms with van der Waals surface area (Å²) in [4.78, 5) is 22.0. The van der Waals surface area contributed by atoms with Crippen molar-refractivity contribution in [1.82, 2.24) is 0 Å². The molecule has 3 rings (SSSR count). The third-order valence-corrected chi connectivity index (χ3v) is 9.80. The number of hydrogen-bond acceptors (Lipinski definition) is 7. The second kappa shape index (κ2) is 14.7. The Hall–Kier alpha value is 1.16. The Kier molecular flexibility index (Phi) is 14.3. The van der Waals surface area contributed by atoms with Crippen LogP contribution in [0.15, 0.2) is 0 Å². The number of carboxylic acid groups (broad SMARTS) is 1. The van der Waals surface area contributed by atoms with E-state index >= 15 is 0 Å². The fraction of sp³-hybridized carbons (Fsp3) is 0.900. The Morgan fingerprint density at radius 2 is 1.22 bits per heavy atom. The third kappa shape index (κ3) is 7.83. The fourth-order valence-electron chi connectivity index (χ4n) is 6.16. The maximum Gasteiger partial charge on any atom is 1.00 e. The van der Waals surface area contributed by atoms with Crippen LogP contribution in [0.4, 0.5) is 0 Å². The van der Waals surface area contributed by atoms with Crippen LogP contribution >= 0.6 is 0 Å². The largest absolute Gasteiger partial charge is 1.00 e. The van der Waals surface area contributed by atoms with Gasteiger partial charge in [0.1, 0.15) is 6.10 Å². The Bertz CT molecular complexity index is 674. The van der Waals surface area contributed by atoms with E-state index in [0.717, 1.165) is 38.5 Å². The van der Waals surface area contributed by atoms with Crippen molar-refractivity contribution in [2.45, 2.75) is 80.8 Å². The molecular weight excluding hydrogens is 478 g/mol. The van der Waals surface area contributed by atoms with Crippen LogP contribution in [0, 0.1) is 29.6 Å². The van der Waals surface area contributed by atoms with E-state index in [0.29, 0.717) is 49.9 Å². The van der Waals surface area contributed by atoms with Crippen molar-refractivity contribution in [3.05, 3.63) is 0 Å². The second-order valence-corrected chi connectivity index (χ2v) is 11.4. The minimum absolute atomic E-state index is 0. The number of ether oxygens (including phenoxy) is 1. The maximum atomic E-state index is 11.6. The number of rotatable bonds is 7. The van der Waals surface area contributed by atoms with Gasteiger partial charge in [0.2, 0.25) is 0 Å². The van der Waals surface area contributed by atoms with E-state index in [-0.39, 0.29) is 65.0 Å². The van der Waals surface area contributed by atoms with Gasteiger partial charge in [-0.2, -0.15) is 0 Å². The van der Waals surface area contributed by atoms with Gasteiger partial charge in [-0.15, -0.1) is 0 Å². The number of carbonyl (C=O) groups excluding carboxylic acids is 1. The Labute approximate surface area is 238 Å². The van der Waals surface area contributed by atoms with E-state index < -0.39 is 50.7 Å². The van der Waals surface area contributed by atoms with Gasteiger partial charge in [0, 0.05) is 5.25 Å². The minimum atomic E-state index is -2.38. The van der Waals surface area contributed by atoms with E-state index in [2.05, 4.69) is 0 Å². The number of carboxylic acids is 1.